The fourth-order valence-electron chi connectivity index (χ4n) is 4.57. The number of hydrogen-bond donors (Lipinski definition) is 1. The number of nitrogens with one attached hydrogen (secondary N) is 1. The van der Waals surface area contributed by atoms with Crippen LogP contribution in [0.5, 0.6) is 0 Å². The number of aryl methyl sites for hydroxylation is 2. The number of aromatic nitrogens is 3. The molecule has 0 aliphatic carbocycles. The SMILES string of the molecule is Cc1ccnc(-n2c(C)cc([C@@H]3[C@H](c4ccccn4)NC(=S)N3Cc3ccco3)c2C)c1. The second-order valence-electron chi connectivity index (χ2n) is 8.19. The molecule has 6 nitrogen and oxygen atoms in total. The van der Waals surface area contributed by atoms with E-state index in [0.717, 1.165) is 28.7 Å². The molecule has 5 heterocycles. The third-order valence-electron chi connectivity index (χ3n) is 6.02. The highest BCUT2D eigenvalue weighted by atomic mass is 32.1. The first-order valence-electron chi connectivity index (χ1n) is 10.7. The molecule has 1 saturated heterocycles. The number of rotatable bonds is 5. The zero-order valence-corrected chi connectivity index (χ0v) is 19.1. The minimum absolute atomic E-state index is 0.0349. The van der Waals surface area contributed by atoms with Crippen molar-refractivity contribution in [1.82, 2.24) is 24.8 Å². The molecule has 2 atom stereocenters. The van der Waals surface area contributed by atoms with Crippen LogP contribution >= 0.6 is 12.2 Å². The Morgan fingerprint density at radius 1 is 1.03 bits per heavy atom. The third kappa shape index (κ3) is 3.58. The van der Waals surface area contributed by atoms with Crippen molar-refractivity contribution in [2.75, 3.05) is 0 Å². The molecule has 7 heteroatoms. The largest absolute Gasteiger partial charge is 0.467 e. The maximum atomic E-state index is 5.79. The second kappa shape index (κ2) is 8.24. The average molecular weight is 444 g/mol. The van der Waals surface area contributed by atoms with E-state index in [9.17, 15) is 0 Å². The molecule has 5 rings (SSSR count). The first-order valence-corrected chi connectivity index (χ1v) is 11.1. The lowest BCUT2D eigenvalue weighted by Crippen LogP contribution is -2.29. The highest BCUT2D eigenvalue weighted by molar-refractivity contribution is 7.80. The lowest BCUT2D eigenvalue weighted by Gasteiger charge is -2.27. The molecule has 0 unspecified atom stereocenters. The first-order chi connectivity index (χ1) is 15.5. The van der Waals surface area contributed by atoms with Crippen molar-refractivity contribution in [2.45, 2.75) is 39.4 Å². The van der Waals surface area contributed by atoms with Crippen LogP contribution in [0.25, 0.3) is 5.82 Å². The highest BCUT2D eigenvalue weighted by Crippen LogP contribution is 2.42. The molecule has 0 radical (unpaired) electrons. The molecule has 0 amide bonds. The van der Waals surface area contributed by atoms with Crippen molar-refractivity contribution >= 4 is 17.3 Å². The summed E-state index contributed by atoms with van der Waals surface area (Å²) in [6.45, 7) is 6.93. The molecule has 162 valence electrons. The van der Waals surface area contributed by atoms with Crippen LogP contribution in [0.15, 0.2) is 71.6 Å². The van der Waals surface area contributed by atoms with Gasteiger partial charge in [0.1, 0.15) is 11.6 Å². The summed E-state index contributed by atoms with van der Waals surface area (Å²) in [4.78, 5) is 11.5. The molecule has 0 spiro atoms. The van der Waals surface area contributed by atoms with Gasteiger partial charge in [-0.05, 0) is 86.6 Å². The van der Waals surface area contributed by atoms with Crippen molar-refractivity contribution in [2.24, 2.45) is 0 Å². The zero-order valence-electron chi connectivity index (χ0n) is 18.3. The van der Waals surface area contributed by atoms with E-state index in [4.69, 9.17) is 16.6 Å². The molecule has 1 N–H and O–H groups in total. The van der Waals surface area contributed by atoms with E-state index in [1.807, 2.05) is 48.8 Å². The summed E-state index contributed by atoms with van der Waals surface area (Å²) in [6.07, 6.45) is 5.38. The van der Waals surface area contributed by atoms with E-state index in [1.54, 1.807) is 6.26 Å². The maximum absolute atomic E-state index is 5.79. The Bertz CT molecular complexity index is 1250. The van der Waals surface area contributed by atoms with E-state index in [1.165, 1.54) is 11.1 Å². The normalized spacial score (nSPS) is 18.2. The van der Waals surface area contributed by atoms with Crippen LogP contribution in [0.3, 0.4) is 0 Å². The van der Waals surface area contributed by atoms with Gasteiger partial charge >= 0.3 is 0 Å². The molecular formula is C25H25N5OS. The van der Waals surface area contributed by atoms with Gasteiger partial charge in [0.15, 0.2) is 5.11 Å². The zero-order chi connectivity index (χ0) is 22.2. The summed E-state index contributed by atoms with van der Waals surface area (Å²) in [6, 6.07) is 16.1. The van der Waals surface area contributed by atoms with E-state index < -0.39 is 0 Å². The fourth-order valence-corrected chi connectivity index (χ4v) is 4.87. The van der Waals surface area contributed by atoms with Crippen molar-refractivity contribution in [3.63, 3.8) is 0 Å². The molecule has 4 aromatic heterocycles. The maximum Gasteiger partial charge on any atom is 0.170 e. The summed E-state index contributed by atoms with van der Waals surface area (Å²) in [7, 11) is 0. The van der Waals surface area contributed by atoms with Crippen LogP contribution in [0.1, 0.15) is 46.1 Å². The molecule has 32 heavy (non-hydrogen) atoms. The summed E-state index contributed by atoms with van der Waals surface area (Å²) < 4.78 is 7.86. The van der Waals surface area contributed by atoms with Gasteiger partial charge in [0.2, 0.25) is 0 Å². The molecule has 4 aromatic rings. The van der Waals surface area contributed by atoms with Crippen molar-refractivity contribution in [1.29, 1.82) is 0 Å². The van der Waals surface area contributed by atoms with Gasteiger partial charge in [-0.15, -0.1) is 0 Å². The third-order valence-corrected chi connectivity index (χ3v) is 6.38. The summed E-state index contributed by atoms with van der Waals surface area (Å²) >= 11 is 5.79. The van der Waals surface area contributed by atoms with Crippen LogP contribution in [0.2, 0.25) is 0 Å². The predicted octanol–water partition coefficient (Wildman–Crippen LogP) is 4.96. The Balaban J connectivity index is 1.63. The van der Waals surface area contributed by atoms with Gasteiger partial charge in [-0.2, -0.15) is 0 Å². The molecule has 0 bridgehead atoms. The average Bonchev–Trinajstić information content (AvgIpc) is 3.48. The Morgan fingerprint density at radius 2 is 1.91 bits per heavy atom. The monoisotopic (exact) mass is 443 g/mol. The molecule has 0 saturated carbocycles. The van der Waals surface area contributed by atoms with E-state index >= 15 is 0 Å². The predicted molar refractivity (Wildman–Crippen MR) is 127 cm³/mol. The van der Waals surface area contributed by atoms with Crippen molar-refractivity contribution in [3.8, 4) is 5.82 Å². The van der Waals surface area contributed by atoms with Crippen molar-refractivity contribution in [3.05, 3.63) is 101 Å². The fraction of sp³-hybridized carbons (Fsp3) is 0.240. The summed E-state index contributed by atoms with van der Waals surface area (Å²) in [5, 5.41) is 4.21. The highest BCUT2D eigenvalue weighted by Gasteiger charge is 2.41. The lowest BCUT2D eigenvalue weighted by atomic mass is 9.96. The first kappa shape index (κ1) is 20.5. The van der Waals surface area contributed by atoms with Crippen LogP contribution in [0, 0.1) is 20.8 Å². The topological polar surface area (TPSA) is 59.1 Å². The Hall–Kier alpha value is -3.45. The van der Waals surface area contributed by atoms with Crippen LogP contribution in [0.4, 0.5) is 0 Å². The van der Waals surface area contributed by atoms with Gasteiger partial charge < -0.3 is 19.2 Å². The van der Waals surface area contributed by atoms with E-state index in [2.05, 4.69) is 57.7 Å². The van der Waals surface area contributed by atoms with Gasteiger partial charge in [-0.1, -0.05) is 6.07 Å². The van der Waals surface area contributed by atoms with Crippen LogP contribution < -0.4 is 5.32 Å². The van der Waals surface area contributed by atoms with E-state index in [0.29, 0.717) is 11.7 Å². The number of nitrogens with zero attached hydrogens (tertiary/aromatic N) is 4. The molecule has 1 aliphatic rings. The summed E-state index contributed by atoms with van der Waals surface area (Å²) in [5.74, 6) is 1.79. The number of hydrogen-bond acceptors (Lipinski definition) is 4. The van der Waals surface area contributed by atoms with Crippen LogP contribution in [-0.4, -0.2) is 24.5 Å². The van der Waals surface area contributed by atoms with E-state index in [-0.39, 0.29) is 12.1 Å². The van der Waals surface area contributed by atoms with Gasteiger partial charge in [0.25, 0.3) is 0 Å². The summed E-state index contributed by atoms with van der Waals surface area (Å²) in [5.41, 5.74) is 5.60. The molecule has 1 aliphatic heterocycles. The van der Waals surface area contributed by atoms with Gasteiger partial charge in [-0.3, -0.25) is 4.98 Å². The molecule has 1 fully saturated rings. The van der Waals surface area contributed by atoms with Gasteiger partial charge in [-0.25, -0.2) is 4.98 Å². The number of pyridine rings is 2. The second-order valence-corrected chi connectivity index (χ2v) is 8.57. The standard InChI is InChI=1S/C25H25N5OS/c1-16-9-11-27-22(13-16)30-17(2)14-20(18(30)3)24-23(21-8-4-5-10-26-21)28-25(32)29(24)15-19-7-6-12-31-19/h4-14,23-24H,15H2,1-3H3,(H,28,32)/t23-,24+/m0/s1. The van der Waals surface area contributed by atoms with Gasteiger partial charge in [0, 0.05) is 23.8 Å². The minimum atomic E-state index is -0.0712. The van der Waals surface area contributed by atoms with Crippen LogP contribution in [-0.2, 0) is 6.54 Å². The molecular weight excluding hydrogens is 418 g/mol. The Morgan fingerprint density at radius 3 is 2.62 bits per heavy atom. The number of thiocarbonyl (C=S) groups is 1. The molecule has 0 aromatic carbocycles. The minimum Gasteiger partial charge on any atom is -0.467 e. The van der Waals surface area contributed by atoms with Gasteiger partial charge in [0.05, 0.1) is 30.6 Å². The Kier molecular flexibility index (Phi) is 5.27. The smallest absolute Gasteiger partial charge is 0.170 e. The quantitative estimate of drug-likeness (QED) is 0.440. The van der Waals surface area contributed by atoms with Crippen molar-refractivity contribution < 1.29 is 4.42 Å². The lowest BCUT2D eigenvalue weighted by molar-refractivity contribution is 0.286. The Labute approximate surface area is 192 Å². The number of furan rings is 1.